The molecule has 10 bridgehead atoms. The van der Waals surface area contributed by atoms with Crippen LogP contribution in [0.1, 0.15) is 380 Å². The molecule has 20 heteroatoms. The van der Waals surface area contributed by atoms with E-state index in [4.69, 9.17) is 38.1 Å². The van der Waals surface area contributed by atoms with E-state index in [0.717, 1.165) is 87.9 Å². The number of carbonyl (C=O) groups is 7. The number of cyclic esters (lactones) is 1. The molecule has 13 aliphatic rings. The molecule has 13 fully saturated rings. The summed E-state index contributed by atoms with van der Waals surface area (Å²) in [4.78, 5) is 79.5. The number of carboxylic acid groups (broad SMARTS) is 2. The van der Waals surface area contributed by atoms with Crippen molar-refractivity contribution in [1.82, 2.24) is 5.32 Å². The summed E-state index contributed by atoms with van der Waals surface area (Å²) < 4.78 is 55.9. The van der Waals surface area contributed by atoms with Gasteiger partial charge in [-0.05, 0) is 270 Å². The maximum absolute atomic E-state index is 12.8. The number of carboxylic acids is 2. The average molecular weight is 1550 g/mol. The molecule has 0 aromatic heterocycles. The molecule has 0 spiro atoms. The number of rotatable bonds is 18. The molecular formula is C87H173NO18S. The van der Waals surface area contributed by atoms with Crippen molar-refractivity contribution in [2.24, 2.45) is 85.8 Å². The zero-order valence-electron chi connectivity index (χ0n) is 63.7. The molecule has 11 aliphatic carbocycles. The fraction of sp³-hybridized carbons (Fsp3) is 0.920. The van der Waals surface area contributed by atoms with Gasteiger partial charge in [0.2, 0.25) is 6.10 Å². The van der Waals surface area contributed by atoms with E-state index >= 15 is 0 Å². The van der Waals surface area contributed by atoms with Crippen LogP contribution in [0.3, 0.4) is 0 Å². The highest BCUT2D eigenvalue weighted by atomic mass is 32.2. The highest BCUT2D eigenvalue weighted by molar-refractivity contribution is 7.87. The van der Waals surface area contributed by atoms with E-state index in [2.05, 4.69) is 39.9 Å². The number of nitrogens with one attached hydrogen (secondary N) is 1. The van der Waals surface area contributed by atoms with Gasteiger partial charge in [0.15, 0.2) is 0 Å². The monoisotopic (exact) mass is 1550 g/mol. The van der Waals surface area contributed by atoms with Crippen molar-refractivity contribution in [2.75, 3.05) is 13.2 Å². The van der Waals surface area contributed by atoms with Gasteiger partial charge in [-0.15, -0.1) is 0 Å². The first-order chi connectivity index (χ1) is 44.8. The molecule has 8 atom stereocenters. The predicted molar refractivity (Wildman–Crippen MR) is 441 cm³/mol. The molecule has 2 aliphatic heterocycles. The first kappa shape index (κ1) is 114. The zero-order valence-corrected chi connectivity index (χ0v) is 64.5. The lowest BCUT2D eigenvalue weighted by atomic mass is 9.47. The summed E-state index contributed by atoms with van der Waals surface area (Å²) in [5.74, 6) is 3.19. The maximum atomic E-state index is 12.8. The quantitative estimate of drug-likeness (QED) is 0.0563. The summed E-state index contributed by atoms with van der Waals surface area (Å²) in [5.41, 5.74) is -2.34. The van der Waals surface area contributed by atoms with Gasteiger partial charge in [-0.3, -0.25) is 28.2 Å². The summed E-state index contributed by atoms with van der Waals surface area (Å²) in [6, 6.07) is 0. The molecule has 19 nitrogen and oxygen atoms in total. The summed E-state index contributed by atoms with van der Waals surface area (Å²) >= 11 is 0. The maximum Gasteiger partial charge on any atom is 0.407 e. The van der Waals surface area contributed by atoms with Crippen LogP contribution in [0.25, 0.3) is 0 Å². The Kier molecular flexibility index (Phi) is 48.5. The number of amides is 1. The van der Waals surface area contributed by atoms with Crippen LogP contribution in [0.15, 0.2) is 0 Å². The molecule has 0 aromatic carbocycles. The van der Waals surface area contributed by atoms with Crippen LogP contribution in [0, 0.1) is 85.8 Å². The molecule has 11 saturated carbocycles. The van der Waals surface area contributed by atoms with Crippen LogP contribution in [-0.4, -0.2) is 119 Å². The first-order valence-electron chi connectivity index (χ1n) is 37.7. The number of hydrogen-bond donors (Lipinski definition) is 4. The van der Waals surface area contributed by atoms with E-state index in [-0.39, 0.29) is 137 Å². The zero-order chi connectivity index (χ0) is 73.3. The van der Waals surface area contributed by atoms with Crippen molar-refractivity contribution in [1.29, 1.82) is 0 Å². The first-order valence-corrected chi connectivity index (χ1v) is 39.2. The third-order valence-corrected chi connectivity index (χ3v) is 26.9. The van der Waals surface area contributed by atoms with Gasteiger partial charge in [-0.25, -0.2) is 9.59 Å². The summed E-state index contributed by atoms with van der Waals surface area (Å²) in [7, 11) is -3.43. The third kappa shape index (κ3) is 28.5. The Balaban J connectivity index is -0.000000280. The van der Waals surface area contributed by atoms with Gasteiger partial charge >= 0.3 is 41.9 Å². The number of aliphatic carboxylic acids is 2. The lowest BCUT2D eigenvalue weighted by Crippen LogP contribution is -2.63. The summed E-state index contributed by atoms with van der Waals surface area (Å²) in [6.07, 6.45) is 25.3. The molecule has 2 saturated heterocycles. The van der Waals surface area contributed by atoms with E-state index in [1.807, 2.05) is 62.3 Å². The second-order valence-electron chi connectivity index (χ2n) is 35.1. The Morgan fingerprint density at radius 1 is 0.561 bits per heavy atom. The Bertz CT molecular complexity index is 2690. The fourth-order valence-electron chi connectivity index (χ4n) is 17.2. The lowest BCUT2D eigenvalue weighted by molar-refractivity contribution is -0.231. The smallest absolute Gasteiger partial charge is 0.407 e. The van der Waals surface area contributed by atoms with Crippen LogP contribution in [-0.2, 0) is 66.8 Å². The Hall–Kier alpha value is -4.04. The molecular weight excluding hydrogens is 1380 g/mol. The molecule has 8 unspecified atom stereocenters. The fourth-order valence-corrected chi connectivity index (χ4v) is 19.1. The SMILES string of the molecule is C.C.C.C.C.C.C.C.C.C.CC12CC3CC(C1)CC(O)(C3)C2.CCC(C)(C)C(=O)O.CCC(C)(C)C(=O)O.CCC(C)(C)C(=O)OC1(C(C)C)C2CC3CC(C2)CC1C3.CCC(C)(C)C(=O)OC1CCOC1=O.CCC1(OC(=O)C(C)(C)CC)CCCCC1.CCCNC(=O)OC1C2CC3C1OS(=O)(=O)C3C2. The van der Waals surface area contributed by atoms with Crippen molar-refractivity contribution < 1.29 is 85.2 Å². The highest BCUT2D eigenvalue weighted by Crippen LogP contribution is 2.63. The number of alkyl carbamates (subject to hydrolysis) is 1. The van der Waals surface area contributed by atoms with Gasteiger partial charge < -0.3 is 44.3 Å². The molecule has 1 amide bonds. The van der Waals surface area contributed by atoms with Crippen LogP contribution >= 0.6 is 0 Å². The van der Waals surface area contributed by atoms with E-state index in [1.54, 1.807) is 41.5 Å². The molecule has 4 N–H and O–H groups in total. The Labute approximate surface area is 658 Å². The number of carbonyl (C=O) groups excluding carboxylic acids is 5. The molecule has 0 radical (unpaired) electrons. The second kappa shape index (κ2) is 45.6. The van der Waals surface area contributed by atoms with Gasteiger partial charge in [-0.2, -0.15) is 8.42 Å². The molecule has 2 heterocycles. The van der Waals surface area contributed by atoms with Crippen molar-refractivity contribution in [3.63, 3.8) is 0 Å². The van der Waals surface area contributed by atoms with Crippen molar-refractivity contribution in [2.45, 2.75) is 420 Å². The summed E-state index contributed by atoms with van der Waals surface area (Å²) in [5, 5.41) is 29.4. The number of fused-ring (bicyclic) bond motifs is 1. The van der Waals surface area contributed by atoms with Crippen LogP contribution in [0.4, 0.5) is 4.79 Å². The van der Waals surface area contributed by atoms with E-state index in [0.29, 0.717) is 68.4 Å². The van der Waals surface area contributed by atoms with Gasteiger partial charge in [0.25, 0.3) is 10.1 Å². The second-order valence-corrected chi connectivity index (χ2v) is 36.9. The average Bonchev–Trinajstić information content (AvgIpc) is 1.63. The van der Waals surface area contributed by atoms with Crippen molar-refractivity contribution in [3.05, 3.63) is 0 Å². The van der Waals surface area contributed by atoms with Crippen LogP contribution in [0.5, 0.6) is 0 Å². The van der Waals surface area contributed by atoms with Gasteiger partial charge in [0, 0.05) is 24.8 Å². The molecule has 13 rings (SSSR count). The van der Waals surface area contributed by atoms with Gasteiger partial charge in [0.1, 0.15) is 23.4 Å². The van der Waals surface area contributed by atoms with E-state index in [9.17, 15) is 47.1 Å². The minimum atomic E-state index is -3.43. The molecule has 640 valence electrons. The third-order valence-electron chi connectivity index (χ3n) is 25.2. The summed E-state index contributed by atoms with van der Waals surface area (Å²) in [6.45, 7) is 40.2. The van der Waals surface area contributed by atoms with Crippen LogP contribution < -0.4 is 5.32 Å². The van der Waals surface area contributed by atoms with E-state index < -0.39 is 68.7 Å². The highest BCUT2D eigenvalue weighted by Gasteiger charge is 2.66. The Morgan fingerprint density at radius 3 is 1.34 bits per heavy atom. The van der Waals surface area contributed by atoms with Crippen molar-refractivity contribution in [3.8, 4) is 0 Å². The number of hydrogen-bond acceptors (Lipinski definition) is 16. The minimum absolute atomic E-state index is 0. The number of esters is 4. The van der Waals surface area contributed by atoms with E-state index in [1.165, 1.54) is 70.6 Å². The van der Waals surface area contributed by atoms with Crippen LogP contribution in [0.2, 0.25) is 0 Å². The Morgan fingerprint density at radius 2 is 0.981 bits per heavy atom. The standard InChI is InChI=1S/C19H32O2.C14H26O2.C11H17NO5S.C11H18O.C10H16O4.2C6H12O2.10CH4/c1-6-18(4,5)17(20)21-19(12(2)3)15-8-13-7-14(10-15)11-16(19)9-13;1-5-13(3,4)12(15)16-14(6-2)10-8-7-9-11-14;1-2-3-12-11(13)16-9-6-4-7-8(5-6)18(14,15)17-10(7)9;1-10-3-8-2-9(4-10)6-11(12,5-8)7-10;1-4-10(2,3)9(12)14-7-5-6-13-8(7)11;2*1-4-6(2,3)5(7)8;;;;;;;;;;/h12-16H,6-11H2,1-5H3;5-11H2,1-4H3;6-10H,2-5H2,1H3,(H,12,13);8-9,12H,2-7H2,1H3;7H,4-6H2,1-3H3;2*4H2,1-3H3,(H,7,8);10*1H4. The predicted octanol–water partition coefficient (Wildman–Crippen LogP) is 22.5. The minimum Gasteiger partial charge on any atom is -0.481 e. The van der Waals surface area contributed by atoms with Gasteiger partial charge in [0.05, 0.1) is 44.5 Å². The molecule has 0 aromatic rings. The lowest BCUT2D eigenvalue weighted by Gasteiger charge is -2.62. The number of aliphatic hydroxyl groups is 1. The van der Waals surface area contributed by atoms with Gasteiger partial charge in [-0.1, -0.05) is 150 Å². The normalized spacial score (nSPS) is 30.1. The van der Waals surface area contributed by atoms with Crippen molar-refractivity contribution >= 4 is 52.0 Å². The topological polar surface area (TPSA) is 282 Å². The largest absolute Gasteiger partial charge is 0.481 e. The number of ether oxygens (including phenoxy) is 5. The molecule has 107 heavy (non-hydrogen) atoms.